The van der Waals surface area contributed by atoms with E-state index in [0.717, 1.165) is 12.8 Å². The van der Waals surface area contributed by atoms with E-state index in [-0.39, 0.29) is 17.3 Å². The Kier molecular flexibility index (Phi) is 7.04. The lowest BCUT2D eigenvalue weighted by Gasteiger charge is -2.26. The number of thioether (sulfide) groups is 1. The van der Waals surface area contributed by atoms with E-state index >= 15 is 0 Å². The van der Waals surface area contributed by atoms with E-state index in [9.17, 15) is 9.59 Å². The van der Waals surface area contributed by atoms with Crippen LogP contribution < -0.4 is 0 Å². The van der Waals surface area contributed by atoms with Crippen molar-refractivity contribution < 1.29 is 14.3 Å². The summed E-state index contributed by atoms with van der Waals surface area (Å²) < 4.78 is 5.19. The molecule has 1 aliphatic heterocycles. The molecule has 0 spiro atoms. The first-order valence-electron chi connectivity index (χ1n) is 7.78. The molecule has 0 aromatic rings. The van der Waals surface area contributed by atoms with Crippen LogP contribution in [0.4, 0.5) is 0 Å². The van der Waals surface area contributed by atoms with E-state index < -0.39 is 6.04 Å². The van der Waals surface area contributed by atoms with Gasteiger partial charge in [-0.3, -0.25) is 4.79 Å². The van der Waals surface area contributed by atoms with Crippen LogP contribution in [-0.4, -0.2) is 41.1 Å². The van der Waals surface area contributed by atoms with E-state index in [1.165, 1.54) is 0 Å². The van der Waals surface area contributed by atoms with Crippen molar-refractivity contribution in [1.82, 2.24) is 4.90 Å². The van der Waals surface area contributed by atoms with Crippen LogP contribution in [-0.2, 0) is 14.3 Å². The molecule has 5 heteroatoms. The number of hydrogen-bond acceptors (Lipinski definition) is 4. The maximum absolute atomic E-state index is 12.4. The topological polar surface area (TPSA) is 46.6 Å². The van der Waals surface area contributed by atoms with Gasteiger partial charge in [-0.1, -0.05) is 34.6 Å². The van der Waals surface area contributed by atoms with Crippen molar-refractivity contribution in [2.75, 3.05) is 18.2 Å². The maximum atomic E-state index is 12.4. The molecule has 2 unspecified atom stereocenters. The molecular formula is C16H29NO3S. The van der Waals surface area contributed by atoms with Gasteiger partial charge >= 0.3 is 5.97 Å². The van der Waals surface area contributed by atoms with Crippen LogP contribution in [0, 0.1) is 11.3 Å². The fourth-order valence-electron chi connectivity index (χ4n) is 2.72. The predicted octanol–water partition coefficient (Wildman–Crippen LogP) is 3.30. The van der Waals surface area contributed by atoms with E-state index in [0.29, 0.717) is 30.6 Å². The molecule has 1 saturated heterocycles. The maximum Gasteiger partial charge on any atom is 0.329 e. The number of hydrogen-bond donors (Lipinski definition) is 0. The van der Waals surface area contributed by atoms with Gasteiger partial charge in [-0.15, -0.1) is 11.8 Å². The Morgan fingerprint density at radius 3 is 2.62 bits per heavy atom. The predicted molar refractivity (Wildman–Crippen MR) is 87.1 cm³/mol. The van der Waals surface area contributed by atoms with Crippen LogP contribution in [0.3, 0.4) is 0 Å². The van der Waals surface area contributed by atoms with Crippen molar-refractivity contribution in [3.05, 3.63) is 0 Å². The van der Waals surface area contributed by atoms with Gasteiger partial charge in [0.2, 0.25) is 5.91 Å². The molecule has 0 saturated carbocycles. The summed E-state index contributed by atoms with van der Waals surface area (Å²) >= 11 is 1.62. The van der Waals surface area contributed by atoms with Gasteiger partial charge in [0.05, 0.1) is 12.5 Å². The molecule has 1 aliphatic rings. The van der Waals surface area contributed by atoms with Crippen LogP contribution in [0.25, 0.3) is 0 Å². The molecule has 1 amide bonds. The summed E-state index contributed by atoms with van der Waals surface area (Å²) in [4.78, 5) is 26.1. The fourth-order valence-corrected chi connectivity index (χ4v) is 3.88. The average Bonchev–Trinajstić information content (AvgIpc) is 2.82. The molecule has 1 heterocycles. The standard InChI is InChI=1S/C16H29NO3S/c1-6-7-20-15(19)13-10-21-11-17(13)14(18)8-12(2)9-16(3,4)5/h12-13H,6-11H2,1-5H3. The van der Waals surface area contributed by atoms with Gasteiger partial charge in [0.15, 0.2) is 0 Å². The molecule has 0 aliphatic carbocycles. The van der Waals surface area contributed by atoms with Gasteiger partial charge < -0.3 is 9.64 Å². The van der Waals surface area contributed by atoms with Crippen molar-refractivity contribution in [3.63, 3.8) is 0 Å². The summed E-state index contributed by atoms with van der Waals surface area (Å²) in [6.07, 6.45) is 2.32. The van der Waals surface area contributed by atoms with E-state index in [2.05, 4.69) is 27.7 Å². The molecular weight excluding hydrogens is 286 g/mol. The minimum atomic E-state index is -0.393. The molecule has 0 N–H and O–H groups in total. The highest BCUT2D eigenvalue weighted by atomic mass is 32.2. The lowest BCUT2D eigenvalue weighted by Crippen LogP contribution is -2.43. The van der Waals surface area contributed by atoms with Crippen molar-refractivity contribution in [3.8, 4) is 0 Å². The van der Waals surface area contributed by atoms with E-state index in [4.69, 9.17) is 4.74 Å². The summed E-state index contributed by atoms with van der Waals surface area (Å²) in [5.74, 6) is 1.42. The highest BCUT2D eigenvalue weighted by Gasteiger charge is 2.36. The minimum Gasteiger partial charge on any atom is -0.464 e. The van der Waals surface area contributed by atoms with E-state index in [1.807, 2.05) is 6.92 Å². The minimum absolute atomic E-state index is 0.0789. The summed E-state index contributed by atoms with van der Waals surface area (Å²) in [6, 6.07) is -0.393. The third-order valence-corrected chi connectivity index (χ3v) is 4.42. The van der Waals surface area contributed by atoms with Gasteiger partial charge in [0, 0.05) is 12.2 Å². The number of esters is 1. The second kappa shape index (κ2) is 8.06. The zero-order valence-electron chi connectivity index (χ0n) is 14.0. The van der Waals surface area contributed by atoms with Crippen molar-refractivity contribution >= 4 is 23.6 Å². The molecule has 0 aromatic carbocycles. The summed E-state index contributed by atoms with van der Waals surface area (Å²) in [5, 5.41) is 0. The van der Waals surface area contributed by atoms with Crippen molar-refractivity contribution in [1.29, 1.82) is 0 Å². The number of carbonyl (C=O) groups excluding carboxylic acids is 2. The lowest BCUT2D eigenvalue weighted by molar-refractivity contribution is -0.153. The highest BCUT2D eigenvalue weighted by molar-refractivity contribution is 7.99. The van der Waals surface area contributed by atoms with Crippen LogP contribution in [0.5, 0.6) is 0 Å². The summed E-state index contributed by atoms with van der Waals surface area (Å²) in [5.41, 5.74) is 0.221. The number of rotatable bonds is 6. The summed E-state index contributed by atoms with van der Waals surface area (Å²) in [7, 11) is 0. The van der Waals surface area contributed by atoms with Gasteiger partial charge in [-0.2, -0.15) is 0 Å². The Bertz CT molecular complexity index is 365. The number of ether oxygens (including phenoxy) is 1. The molecule has 2 atom stereocenters. The van der Waals surface area contributed by atoms with Crippen LogP contribution in [0.2, 0.25) is 0 Å². The molecule has 0 bridgehead atoms. The summed E-state index contributed by atoms with van der Waals surface area (Å²) in [6.45, 7) is 11.1. The smallest absolute Gasteiger partial charge is 0.329 e. The molecule has 21 heavy (non-hydrogen) atoms. The fraction of sp³-hybridized carbons (Fsp3) is 0.875. The molecule has 1 rings (SSSR count). The SMILES string of the molecule is CCCOC(=O)C1CSCN1C(=O)CC(C)CC(C)(C)C. The van der Waals surface area contributed by atoms with Gasteiger partial charge in [-0.05, 0) is 24.2 Å². The molecule has 122 valence electrons. The van der Waals surface area contributed by atoms with Crippen LogP contribution in [0.15, 0.2) is 0 Å². The Hall–Kier alpha value is -0.710. The Balaban J connectivity index is 2.54. The first-order chi connectivity index (χ1) is 9.74. The highest BCUT2D eigenvalue weighted by Crippen LogP contribution is 2.28. The van der Waals surface area contributed by atoms with Crippen LogP contribution in [0.1, 0.15) is 53.9 Å². The largest absolute Gasteiger partial charge is 0.464 e. The van der Waals surface area contributed by atoms with Gasteiger partial charge in [0.25, 0.3) is 0 Å². The van der Waals surface area contributed by atoms with Gasteiger partial charge in [0.1, 0.15) is 6.04 Å². The normalized spacial score (nSPS) is 20.4. The number of amides is 1. The molecule has 0 aromatic heterocycles. The second-order valence-corrected chi connectivity index (χ2v) is 8.12. The third kappa shape index (κ3) is 6.29. The van der Waals surface area contributed by atoms with Crippen LogP contribution >= 0.6 is 11.8 Å². The monoisotopic (exact) mass is 315 g/mol. The van der Waals surface area contributed by atoms with E-state index in [1.54, 1.807) is 16.7 Å². The van der Waals surface area contributed by atoms with Crippen molar-refractivity contribution in [2.45, 2.75) is 59.9 Å². The average molecular weight is 315 g/mol. The van der Waals surface area contributed by atoms with Crippen molar-refractivity contribution in [2.24, 2.45) is 11.3 Å². The number of carbonyl (C=O) groups is 2. The lowest BCUT2D eigenvalue weighted by atomic mass is 9.84. The quantitative estimate of drug-likeness (QED) is 0.706. The third-order valence-electron chi connectivity index (χ3n) is 3.41. The first-order valence-corrected chi connectivity index (χ1v) is 8.94. The van der Waals surface area contributed by atoms with Gasteiger partial charge in [-0.25, -0.2) is 4.79 Å². The zero-order valence-corrected chi connectivity index (χ0v) is 14.8. The Labute approximate surface area is 133 Å². The molecule has 0 radical (unpaired) electrons. The first kappa shape index (κ1) is 18.3. The Morgan fingerprint density at radius 2 is 2.05 bits per heavy atom. The molecule has 4 nitrogen and oxygen atoms in total. The zero-order chi connectivity index (χ0) is 16.0. The second-order valence-electron chi connectivity index (χ2n) is 7.12. The Morgan fingerprint density at radius 1 is 1.38 bits per heavy atom. The molecule has 1 fully saturated rings. The number of nitrogens with zero attached hydrogens (tertiary/aromatic N) is 1.